The normalized spacial score (nSPS) is 9.07. The van der Waals surface area contributed by atoms with Gasteiger partial charge >= 0.3 is 6.09 Å². The summed E-state index contributed by atoms with van der Waals surface area (Å²) in [6.07, 6.45) is 0.947. The minimum Gasteiger partial charge on any atom is -0.465 e. The molecule has 5 heteroatoms. The summed E-state index contributed by atoms with van der Waals surface area (Å²) in [5, 5.41) is 19.2. The maximum Gasteiger partial charge on any atom is 0.404 e. The lowest BCUT2D eigenvalue weighted by molar-refractivity contribution is 0.194. The molecule has 1 aromatic rings. The van der Waals surface area contributed by atoms with Gasteiger partial charge in [0.2, 0.25) is 0 Å². The molecule has 1 heterocycles. The molecule has 1 rings (SSSR count). The van der Waals surface area contributed by atoms with Crippen LogP contribution in [0.25, 0.3) is 0 Å². The molecule has 0 aliphatic rings. The van der Waals surface area contributed by atoms with Gasteiger partial charge in [0.05, 0.1) is 0 Å². The molecule has 0 radical (unpaired) electrons. The summed E-state index contributed by atoms with van der Waals surface area (Å²) in [6, 6.07) is 5.43. The van der Waals surface area contributed by atoms with Crippen molar-refractivity contribution in [3.05, 3.63) is 29.6 Å². The van der Waals surface area contributed by atoms with Gasteiger partial charge < -0.3 is 10.4 Å². The van der Waals surface area contributed by atoms with Crippen molar-refractivity contribution in [3.63, 3.8) is 0 Å². The Hall–Kier alpha value is -2.09. The lowest BCUT2D eigenvalue weighted by Crippen LogP contribution is -2.23. The summed E-state index contributed by atoms with van der Waals surface area (Å²) < 4.78 is 0. The van der Waals surface area contributed by atoms with E-state index in [4.69, 9.17) is 10.4 Å². The van der Waals surface area contributed by atoms with Gasteiger partial charge in [-0.2, -0.15) is 5.26 Å². The van der Waals surface area contributed by atoms with E-state index < -0.39 is 6.09 Å². The van der Waals surface area contributed by atoms with Crippen LogP contribution in [0.5, 0.6) is 0 Å². The number of aromatic nitrogens is 1. The maximum absolute atomic E-state index is 10.2. The highest BCUT2D eigenvalue weighted by atomic mass is 16.4. The summed E-state index contributed by atoms with van der Waals surface area (Å²) >= 11 is 0. The molecule has 0 spiro atoms. The van der Waals surface area contributed by atoms with Crippen molar-refractivity contribution in [3.8, 4) is 6.07 Å². The molecule has 5 nitrogen and oxygen atoms in total. The first-order chi connectivity index (χ1) is 6.74. The standard InChI is InChI=1S/C9H9N3O2/c10-6-8-7(2-1-4-11-8)3-5-12-9(13)14/h1-2,4,12H,3,5H2,(H,13,14). The number of hydrogen-bond donors (Lipinski definition) is 2. The molecular formula is C9H9N3O2. The van der Waals surface area contributed by atoms with Gasteiger partial charge in [-0.3, -0.25) is 0 Å². The van der Waals surface area contributed by atoms with Gasteiger partial charge in [-0.25, -0.2) is 9.78 Å². The molecule has 72 valence electrons. The number of pyridine rings is 1. The van der Waals surface area contributed by atoms with Crippen molar-refractivity contribution in [2.45, 2.75) is 6.42 Å². The Bertz CT molecular complexity index is 371. The number of hydrogen-bond acceptors (Lipinski definition) is 3. The van der Waals surface area contributed by atoms with Crippen molar-refractivity contribution in [1.82, 2.24) is 10.3 Å². The molecule has 0 bridgehead atoms. The smallest absolute Gasteiger partial charge is 0.404 e. The maximum atomic E-state index is 10.2. The van der Waals surface area contributed by atoms with E-state index in [0.717, 1.165) is 5.56 Å². The fraction of sp³-hybridized carbons (Fsp3) is 0.222. The Morgan fingerprint density at radius 2 is 2.50 bits per heavy atom. The molecule has 2 N–H and O–H groups in total. The highest BCUT2D eigenvalue weighted by Crippen LogP contribution is 2.03. The second-order valence-electron chi connectivity index (χ2n) is 2.60. The van der Waals surface area contributed by atoms with E-state index in [1.165, 1.54) is 6.20 Å². The van der Waals surface area contributed by atoms with Crippen molar-refractivity contribution in [1.29, 1.82) is 5.26 Å². The van der Waals surface area contributed by atoms with Crippen LogP contribution in [-0.4, -0.2) is 22.7 Å². The van der Waals surface area contributed by atoms with Crippen LogP contribution in [0.15, 0.2) is 18.3 Å². The van der Waals surface area contributed by atoms with E-state index in [2.05, 4.69) is 10.3 Å². The number of nitrogens with one attached hydrogen (secondary N) is 1. The number of carboxylic acid groups (broad SMARTS) is 1. The Morgan fingerprint density at radius 3 is 3.14 bits per heavy atom. The highest BCUT2D eigenvalue weighted by Gasteiger charge is 2.02. The van der Waals surface area contributed by atoms with Crippen LogP contribution in [-0.2, 0) is 6.42 Å². The third-order valence-electron chi connectivity index (χ3n) is 1.67. The summed E-state index contributed by atoms with van der Waals surface area (Å²) in [6.45, 7) is 0.287. The Balaban J connectivity index is 2.59. The van der Waals surface area contributed by atoms with Crippen molar-refractivity contribution < 1.29 is 9.90 Å². The fourth-order valence-electron chi connectivity index (χ4n) is 1.05. The van der Waals surface area contributed by atoms with E-state index >= 15 is 0 Å². The number of carbonyl (C=O) groups is 1. The summed E-state index contributed by atoms with van der Waals surface area (Å²) in [4.78, 5) is 14.0. The average molecular weight is 191 g/mol. The summed E-state index contributed by atoms with van der Waals surface area (Å²) in [5.74, 6) is 0. The highest BCUT2D eigenvalue weighted by molar-refractivity contribution is 5.64. The van der Waals surface area contributed by atoms with Gasteiger partial charge in [0, 0.05) is 12.7 Å². The third kappa shape index (κ3) is 2.75. The molecule has 1 aromatic heterocycles. The molecule has 1 amide bonds. The SMILES string of the molecule is N#Cc1ncccc1CCNC(=O)O. The first-order valence-corrected chi connectivity index (χ1v) is 4.05. The Kier molecular flexibility index (Phi) is 3.44. The van der Waals surface area contributed by atoms with Crippen LogP contribution < -0.4 is 5.32 Å². The zero-order valence-corrected chi connectivity index (χ0v) is 7.40. The van der Waals surface area contributed by atoms with Crippen LogP contribution in [0.1, 0.15) is 11.3 Å². The lowest BCUT2D eigenvalue weighted by atomic mass is 10.1. The minimum absolute atomic E-state index is 0.287. The molecule has 0 aliphatic heterocycles. The van der Waals surface area contributed by atoms with Crippen molar-refractivity contribution in [2.75, 3.05) is 6.54 Å². The van der Waals surface area contributed by atoms with Gasteiger partial charge in [0.25, 0.3) is 0 Å². The molecule has 14 heavy (non-hydrogen) atoms. The van der Waals surface area contributed by atoms with Gasteiger partial charge in [0.15, 0.2) is 0 Å². The molecule has 0 saturated heterocycles. The predicted molar refractivity (Wildman–Crippen MR) is 48.7 cm³/mol. The molecule has 0 unspecified atom stereocenters. The molecule has 0 aromatic carbocycles. The Labute approximate surface area is 81.0 Å². The summed E-state index contributed by atoms with van der Waals surface area (Å²) in [5.41, 5.74) is 1.10. The van der Waals surface area contributed by atoms with Crippen LogP contribution >= 0.6 is 0 Å². The third-order valence-corrected chi connectivity index (χ3v) is 1.67. The zero-order valence-electron chi connectivity index (χ0n) is 7.40. The monoisotopic (exact) mass is 191 g/mol. The number of nitrogens with zero attached hydrogens (tertiary/aromatic N) is 2. The quantitative estimate of drug-likeness (QED) is 0.738. The van der Waals surface area contributed by atoms with E-state index in [1.54, 1.807) is 12.1 Å². The van der Waals surface area contributed by atoms with E-state index in [-0.39, 0.29) is 6.54 Å². The molecule has 0 saturated carbocycles. The summed E-state index contributed by atoms with van der Waals surface area (Å²) in [7, 11) is 0. The van der Waals surface area contributed by atoms with Gasteiger partial charge in [-0.15, -0.1) is 0 Å². The largest absolute Gasteiger partial charge is 0.465 e. The second-order valence-corrected chi connectivity index (χ2v) is 2.60. The van der Waals surface area contributed by atoms with E-state index in [9.17, 15) is 4.79 Å². The molecular weight excluding hydrogens is 182 g/mol. The number of amides is 1. The topological polar surface area (TPSA) is 86.0 Å². The van der Waals surface area contributed by atoms with Gasteiger partial charge in [0.1, 0.15) is 11.8 Å². The average Bonchev–Trinajstić information content (AvgIpc) is 2.18. The van der Waals surface area contributed by atoms with Crippen LogP contribution in [0, 0.1) is 11.3 Å². The van der Waals surface area contributed by atoms with Crippen molar-refractivity contribution >= 4 is 6.09 Å². The number of nitriles is 1. The minimum atomic E-state index is -1.06. The Morgan fingerprint density at radius 1 is 1.71 bits per heavy atom. The molecule has 0 atom stereocenters. The van der Waals surface area contributed by atoms with Gasteiger partial charge in [-0.1, -0.05) is 6.07 Å². The van der Waals surface area contributed by atoms with Crippen LogP contribution in [0.3, 0.4) is 0 Å². The lowest BCUT2D eigenvalue weighted by Gasteiger charge is -2.02. The molecule has 0 fully saturated rings. The fourth-order valence-corrected chi connectivity index (χ4v) is 1.05. The van der Waals surface area contributed by atoms with Crippen LogP contribution in [0.2, 0.25) is 0 Å². The van der Waals surface area contributed by atoms with E-state index in [1.807, 2.05) is 6.07 Å². The van der Waals surface area contributed by atoms with Crippen molar-refractivity contribution in [2.24, 2.45) is 0 Å². The predicted octanol–water partition coefficient (Wildman–Crippen LogP) is 0.763. The number of rotatable bonds is 3. The molecule has 0 aliphatic carbocycles. The first-order valence-electron chi connectivity index (χ1n) is 4.05. The zero-order chi connectivity index (χ0) is 10.4. The van der Waals surface area contributed by atoms with Gasteiger partial charge in [-0.05, 0) is 18.1 Å². The van der Waals surface area contributed by atoms with E-state index in [0.29, 0.717) is 12.1 Å². The second kappa shape index (κ2) is 4.82. The first kappa shape index (κ1) is 9.99. The van der Waals surface area contributed by atoms with Crippen LogP contribution in [0.4, 0.5) is 4.79 Å².